The molecule has 1 aliphatic rings. The van der Waals surface area contributed by atoms with Crippen LogP contribution in [0.15, 0.2) is 36.4 Å². The molecule has 0 amide bonds. The second-order valence-corrected chi connectivity index (χ2v) is 7.03. The van der Waals surface area contributed by atoms with Gasteiger partial charge in [-0.1, -0.05) is 29.8 Å². The lowest BCUT2D eigenvalue weighted by atomic mass is 9.84. The van der Waals surface area contributed by atoms with Gasteiger partial charge in [-0.15, -0.1) is 0 Å². The second kappa shape index (κ2) is 7.74. The van der Waals surface area contributed by atoms with Gasteiger partial charge in [0.2, 0.25) is 0 Å². The molecule has 5 nitrogen and oxygen atoms in total. The maximum absolute atomic E-state index is 11.1. The third-order valence-electron chi connectivity index (χ3n) is 5.03. The number of likely N-dealkylation sites (tertiary alicyclic amines) is 1. The van der Waals surface area contributed by atoms with Crippen LogP contribution < -0.4 is 9.47 Å². The predicted molar refractivity (Wildman–Crippen MR) is 101 cm³/mol. The first-order valence-corrected chi connectivity index (χ1v) is 8.98. The first kappa shape index (κ1) is 18.8. The van der Waals surface area contributed by atoms with Crippen molar-refractivity contribution in [2.45, 2.75) is 25.0 Å². The number of nitrogens with zero attached hydrogens (tertiary/aromatic N) is 1. The van der Waals surface area contributed by atoms with Gasteiger partial charge in [0.05, 0.1) is 19.8 Å². The van der Waals surface area contributed by atoms with Gasteiger partial charge in [0.15, 0.2) is 11.5 Å². The quantitative estimate of drug-likeness (QED) is 0.834. The van der Waals surface area contributed by atoms with E-state index in [-0.39, 0.29) is 5.75 Å². The average Bonchev–Trinajstić information content (AvgIpc) is 2.65. The fourth-order valence-electron chi connectivity index (χ4n) is 3.49. The number of piperidine rings is 1. The molecule has 2 aromatic rings. The first-order valence-electron chi connectivity index (χ1n) is 8.60. The summed E-state index contributed by atoms with van der Waals surface area (Å²) in [6, 6.07) is 10.9. The standard InChI is InChI=1S/C20H24ClNO4/c1-25-18-6-4-3-5-15(18)20(24)7-9-22(10-8-20)13-14-11-19(26-2)17(23)12-16(14)21/h3-6,11-12,23-24H,7-10,13H2,1-2H3. The van der Waals surface area contributed by atoms with E-state index in [0.29, 0.717) is 30.2 Å². The minimum Gasteiger partial charge on any atom is -0.504 e. The molecule has 2 N–H and O–H groups in total. The lowest BCUT2D eigenvalue weighted by molar-refractivity contribution is -0.0292. The van der Waals surface area contributed by atoms with Gasteiger partial charge < -0.3 is 19.7 Å². The van der Waals surface area contributed by atoms with Crippen LogP contribution in [0.2, 0.25) is 5.02 Å². The summed E-state index contributed by atoms with van der Waals surface area (Å²) in [5.41, 5.74) is 0.843. The van der Waals surface area contributed by atoms with Gasteiger partial charge in [-0.3, -0.25) is 4.90 Å². The van der Waals surface area contributed by atoms with Crippen LogP contribution in [0.25, 0.3) is 0 Å². The summed E-state index contributed by atoms with van der Waals surface area (Å²) in [5, 5.41) is 21.4. The number of rotatable bonds is 5. The number of hydrogen-bond acceptors (Lipinski definition) is 5. The van der Waals surface area contributed by atoms with E-state index in [1.54, 1.807) is 13.2 Å². The molecule has 6 heteroatoms. The number of phenols is 1. The van der Waals surface area contributed by atoms with Crippen molar-refractivity contribution in [2.75, 3.05) is 27.3 Å². The van der Waals surface area contributed by atoms with Crippen LogP contribution in [0.4, 0.5) is 0 Å². The Kier molecular flexibility index (Phi) is 5.61. The van der Waals surface area contributed by atoms with Gasteiger partial charge in [0, 0.05) is 36.3 Å². The number of aliphatic hydroxyl groups is 1. The Labute approximate surface area is 158 Å². The molecule has 0 radical (unpaired) electrons. The van der Waals surface area contributed by atoms with Crippen LogP contribution in [0.1, 0.15) is 24.0 Å². The van der Waals surface area contributed by atoms with E-state index in [2.05, 4.69) is 4.90 Å². The van der Waals surface area contributed by atoms with E-state index in [4.69, 9.17) is 21.1 Å². The van der Waals surface area contributed by atoms with E-state index in [0.717, 1.165) is 30.0 Å². The summed E-state index contributed by atoms with van der Waals surface area (Å²) in [7, 11) is 3.14. The predicted octanol–water partition coefficient (Wildman–Crippen LogP) is 3.55. The van der Waals surface area contributed by atoms with E-state index in [1.165, 1.54) is 13.2 Å². The van der Waals surface area contributed by atoms with Gasteiger partial charge >= 0.3 is 0 Å². The maximum atomic E-state index is 11.1. The highest BCUT2D eigenvalue weighted by atomic mass is 35.5. The Bertz CT molecular complexity index is 772. The van der Waals surface area contributed by atoms with Crippen LogP contribution in [0.3, 0.4) is 0 Å². The first-order chi connectivity index (χ1) is 12.5. The van der Waals surface area contributed by atoms with Crippen LogP contribution >= 0.6 is 11.6 Å². The molecular weight excluding hydrogens is 354 g/mol. The molecule has 2 aromatic carbocycles. The highest BCUT2D eigenvalue weighted by Gasteiger charge is 2.36. The summed E-state index contributed by atoms with van der Waals surface area (Å²) in [5.74, 6) is 1.16. The number of methoxy groups -OCH3 is 2. The zero-order chi connectivity index (χ0) is 18.7. The zero-order valence-corrected chi connectivity index (χ0v) is 15.8. The van der Waals surface area contributed by atoms with Crippen molar-refractivity contribution in [1.29, 1.82) is 0 Å². The number of aromatic hydroxyl groups is 1. The number of hydrogen-bond donors (Lipinski definition) is 2. The van der Waals surface area contributed by atoms with E-state index in [1.807, 2.05) is 24.3 Å². The van der Waals surface area contributed by atoms with Gasteiger partial charge in [-0.2, -0.15) is 0 Å². The van der Waals surface area contributed by atoms with Gasteiger partial charge in [0.1, 0.15) is 5.75 Å². The molecule has 1 aliphatic heterocycles. The van der Waals surface area contributed by atoms with E-state index in [9.17, 15) is 10.2 Å². The Morgan fingerprint density at radius 1 is 1.08 bits per heavy atom. The fraction of sp³-hybridized carbons (Fsp3) is 0.400. The van der Waals surface area contributed by atoms with Crippen molar-refractivity contribution in [2.24, 2.45) is 0 Å². The largest absolute Gasteiger partial charge is 0.504 e. The number of ether oxygens (including phenoxy) is 2. The van der Waals surface area contributed by atoms with Gasteiger partial charge in [-0.25, -0.2) is 0 Å². The Morgan fingerprint density at radius 3 is 2.38 bits per heavy atom. The Morgan fingerprint density at radius 2 is 1.73 bits per heavy atom. The summed E-state index contributed by atoms with van der Waals surface area (Å²) in [6.07, 6.45) is 1.22. The molecular formula is C20H24ClNO4. The van der Waals surface area contributed by atoms with Crippen LogP contribution in [0, 0.1) is 0 Å². The molecule has 0 unspecified atom stereocenters. The SMILES string of the molecule is COc1cc(CN2CCC(O)(c3ccccc3OC)CC2)c(Cl)cc1O. The van der Waals surface area contributed by atoms with Crippen molar-refractivity contribution < 1.29 is 19.7 Å². The Balaban J connectivity index is 1.71. The zero-order valence-electron chi connectivity index (χ0n) is 15.0. The van der Waals surface area contributed by atoms with Crippen molar-refractivity contribution in [3.05, 3.63) is 52.5 Å². The van der Waals surface area contributed by atoms with Crippen LogP contribution in [-0.4, -0.2) is 42.4 Å². The molecule has 3 rings (SSSR count). The molecule has 1 fully saturated rings. The summed E-state index contributed by atoms with van der Waals surface area (Å²) >= 11 is 6.26. The fourth-order valence-corrected chi connectivity index (χ4v) is 3.71. The maximum Gasteiger partial charge on any atom is 0.160 e. The highest BCUT2D eigenvalue weighted by Crippen LogP contribution is 2.39. The second-order valence-electron chi connectivity index (χ2n) is 6.62. The molecule has 140 valence electrons. The highest BCUT2D eigenvalue weighted by molar-refractivity contribution is 6.31. The summed E-state index contributed by atoms with van der Waals surface area (Å²) in [4.78, 5) is 2.24. The normalized spacial score (nSPS) is 17.1. The summed E-state index contributed by atoms with van der Waals surface area (Å²) < 4.78 is 10.6. The smallest absolute Gasteiger partial charge is 0.160 e. The van der Waals surface area contributed by atoms with Crippen LogP contribution in [0.5, 0.6) is 17.2 Å². The summed E-state index contributed by atoms with van der Waals surface area (Å²) in [6.45, 7) is 2.10. The molecule has 0 aromatic heterocycles. The van der Waals surface area contributed by atoms with Crippen molar-refractivity contribution in [1.82, 2.24) is 4.90 Å². The number of phenolic OH excluding ortho intramolecular Hbond substituents is 1. The van der Waals surface area contributed by atoms with Gasteiger partial charge in [0.25, 0.3) is 0 Å². The number of para-hydroxylation sites is 1. The molecule has 26 heavy (non-hydrogen) atoms. The topological polar surface area (TPSA) is 62.2 Å². The number of halogens is 1. The molecule has 1 saturated heterocycles. The number of benzene rings is 2. The van der Waals surface area contributed by atoms with Crippen molar-refractivity contribution >= 4 is 11.6 Å². The molecule has 1 heterocycles. The molecule has 0 saturated carbocycles. The van der Waals surface area contributed by atoms with Crippen molar-refractivity contribution in [3.8, 4) is 17.2 Å². The minimum absolute atomic E-state index is 0.0328. The van der Waals surface area contributed by atoms with E-state index >= 15 is 0 Å². The lowest BCUT2D eigenvalue weighted by Gasteiger charge is -2.39. The third kappa shape index (κ3) is 3.75. The molecule has 0 spiro atoms. The Hall–Kier alpha value is -1.95. The molecule has 0 bridgehead atoms. The van der Waals surface area contributed by atoms with E-state index < -0.39 is 5.60 Å². The minimum atomic E-state index is -0.889. The molecule has 0 atom stereocenters. The monoisotopic (exact) mass is 377 g/mol. The molecule has 0 aliphatic carbocycles. The van der Waals surface area contributed by atoms with Crippen molar-refractivity contribution in [3.63, 3.8) is 0 Å². The van der Waals surface area contributed by atoms with Crippen LogP contribution in [-0.2, 0) is 12.1 Å². The lowest BCUT2D eigenvalue weighted by Crippen LogP contribution is -2.42. The average molecular weight is 378 g/mol. The third-order valence-corrected chi connectivity index (χ3v) is 5.39. The van der Waals surface area contributed by atoms with Gasteiger partial charge in [-0.05, 0) is 30.5 Å².